The Hall–Kier alpha value is -2.29. The number of nitrogens with one attached hydrogen (secondary N) is 1. The first-order valence-corrected chi connectivity index (χ1v) is 12.5. The highest BCUT2D eigenvalue weighted by atomic mass is 35.5. The van der Waals surface area contributed by atoms with Crippen molar-refractivity contribution in [3.63, 3.8) is 0 Å². The molecule has 0 radical (unpaired) electrons. The molecule has 1 N–H and O–H groups in total. The van der Waals surface area contributed by atoms with Crippen molar-refractivity contribution in [2.24, 2.45) is 0 Å². The number of hydrogen-bond acceptors (Lipinski definition) is 4. The van der Waals surface area contributed by atoms with Crippen molar-refractivity contribution in [1.82, 2.24) is 10.2 Å². The van der Waals surface area contributed by atoms with E-state index in [1.54, 1.807) is 43.3 Å². The van der Waals surface area contributed by atoms with Gasteiger partial charge in [0.15, 0.2) is 0 Å². The predicted molar refractivity (Wildman–Crippen MR) is 129 cm³/mol. The van der Waals surface area contributed by atoms with Gasteiger partial charge in [0.25, 0.3) is 0 Å². The van der Waals surface area contributed by atoms with Gasteiger partial charge in [-0.3, -0.25) is 13.9 Å². The lowest BCUT2D eigenvalue weighted by Crippen LogP contribution is -2.50. The SMILES string of the molecule is CNC(=O)[C@H](C)N(Cc1ccc(Cl)cc1Cl)C(=O)CN(c1ccc(C)c(C)c1)S(C)(=O)=O. The summed E-state index contributed by atoms with van der Waals surface area (Å²) < 4.78 is 26.1. The molecule has 0 aliphatic carbocycles. The molecule has 0 aliphatic rings. The van der Waals surface area contributed by atoms with Crippen LogP contribution in [0.5, 0.6) is 0 Å². The minimum Gasteiger partial charge on any atom is -0.357 e. The standard InChI is InChI=1S/C22H27Cl2N3O4S/c1-14-6-9-19(10-15(14)2)27(32(5,30)31)13-21(28)26(16(3)22(29)25-4)12-17-7-8-18(23)11-20(17)24/h6-11,16H,12-13H2,1-5H3,(H,25,29)/t16-/m0/s1. The first-order valence-electron chi connectivity index (χ1n) is 9.85. The Labute approximate surface area is 199 Å². The number of amides is 2. The van der Waals surface area contributed by atoms with Crippen LogP contribution < -0.4 is 9.62 Å². The molecule has 0 saturated carbocycles. The molecule has 0 spiro atoms. The van der Waals surface area contributed by atoms with E-state index >= 15 is 0 Å². The minimum atomic E-state index is -3.77. The Morgan fingerprint density at radius 2 is 1.72 bits per heavy atom. The number of carbonyl (C=O) groups excluding carboxylic acids is 2. The quantitative estimate of drug-likeness (QED) is 0.601. The van der Waals surface area contributed by atoms with E-state index < -0.39 is 28.5 Å². The number of rotatable bonds is 8. The highest BCUT2D eigenvalue weighted by Crippen LogP contribution is 2.25. The molecule has 7 nitrogen and oxygen atoms in total. The summed E-state index contributed by atoms with van der Waals surface area (Å²) in [6.07, 6.45) is 1.04. The lowest BCUT2D eigenvalue weighted by molar-refractivity contribution is -0.139. The zero-order chi connectivity index (χ0) is 24.2. The van der Waals surface area contributed by atoms with Crippen LogP contribution in [-0.4, -0.2) is 51.0 Å². The minimum absolute atomic E-state index is 0.00789. The first-order chi connectivity index (χ1) is 14.8. The van der Waals surface area contributed by atoms with Gasteiger partial charge in [-0.15, -0.1) is 0 Å². The zero-order valence-corrected chi connectivity index (χ0v) is 21.0. The molecule has 2 rings (SSSR count). The molecule has 0 bridgehead atoms. The summed E-state index contributed by atoms with van der Waals surface area (Å²) in [6, 6.07) is 9.15. The number of carbonyl (C=O) groups is 2. The molecule has 0 heterocycles. The summed E-state index contributed by atoms with van der Waals surface area (Å²) in [7, 11) is -2.31. The van der Waals surface area contributed by atoms with E-state index in [2.05, 4.69) is 5.32 Å². The lowest BCUT2D eigenvalue weighted by Gasteiger charge is -2.31. The maximum atomic E-state index is 13.3. The van der Waals surface area contributed by atoms with E-state index in [9.17, 15) is 18.0 Å². The molecule has 0 fully saturated rings. The largest absolute Gasteiger partial charge is 0.357 e. The second-order valence-electron chi connectivity index (χ2n) is 7.59. The summed E-state index contributed by atoms with van der Waals surface area (Å²) >= 11 is 12.2. The normalized spacial score (nSPS) is 12.2. The van der Waals surface area contributed by atoms with Gasteiger partial charge in [0.2, 0.25) is 21.8 Å². The molecule has 2 aromatic rings. The van der Waals surface area contributed by atoms with Crippen LogP contribution >= 0.6 is 23.2 Å². The maximum absolute atomic E-state index is 13.3. The van der Waals surface area contributed by atoms with Crippen molar-refractivity contribution >= 4 is 50.7 Å². The molecule has 0 aliphatic heterocycles. The van der Waals surface area contributed by atoms with Crippen LogP contribution in [0.25, 0.3) is 0 Å². The summed E-state index contributed by atoms with van der Waals surface area (Å²) in [4.78, 5) is 27.0. The number of sulfonamides is 1. The number of nitrogens with zero attached hydrogens (tertiary/aromatic N) is 2. The molecule has 32 heavy (non-hydrogen) atoms. The number of halogens is 2. The number of likely N-dealkylation sites (N-methyl/N-ethyl adjacent to an activating group) is 1. The maximum Gasteiger partial charge on any atom is 0.244 e. The van der Waals surface area contributed by atoms with Gasteiger partial charge in [0.05, 0.1) is 11.9 Å². The Morgan fingerprint density at radius 3 is 2.25 bits per heavy atom. The fourth-order valence-corrected chi connectivity index (χ4v) is 4.43. The molecular formula is C22H27Cl2N3O4S. The Bertz CT molecular complexity index is 1120. The van der Waals surface area contributed by atoms with Crippen LogP contribution in [0.3, 0.4) is 0 Å². The van der Waals surface area contributed by atoms with Crippen LogP contribution in [0.4, 0.5) is 5.69 Å². The van der Waals surface area contributed by atoms with Crippen LogP contribution in [0, 0.1) is 13.8 Å². The Morgan fingerprint density at radius 1 is 1.06 bits per heavy atom. The smallest absolute Gasteiger partial charge is 0.244 e. The Balaban J connectivity index is 2.43. The van der Waals surface area contributed by atoms with Crippen molar-refractivity contribution in [2.45, 2.75) is 33.4 Å². The van der Waals surface area contributed by atoms with Crippen LogP contribution in [0.1, 0.15) is 23.6 Å². The van der Waals surface area contributed by atoms with E-state index in [-0.39, 0.29) is 12.5 Å². The monoisotopic (exact) mass is 499 g/mol. The fourth-order valence-electron chi connectivity index (χ4n) is 3.12. The summed E-state index contributed by atoms with van der Waals surface area (Å²) in [6.45, 7) is 4.89. The van der Waals surface area contributed by atoms with Crippen molar-refractivity contribution in [3.8, 4) is 0 Å². The topological polar surface area (TPSA) is 86.8 Å². The second-order valence-corrected chi connectivity index (χ2v) is 10.3. The molecule has 2 aromatic carbocycles. The zero-order valence-electron chi connectivity index (χ0n) is 18.6. The summed E-state index contributed by atoms with van der Waals surface area (Å²) in [5.74, 6) is -0.934. The van der Waals surface area contributed by atoms with E-state index in [0.29, 0.717) is 21.3 Å². The van der Waals surface area contributed by atoms with E-state index in [4.69, 9.17) is 23.2 Å². The van der Waals surface area contributed by atoms with Crippen molar-refractivity contribution < 1.29 is 18.0 Å². The van der Waals surface area contributed by atoms with E-state index in [1.165, 1.54) is 11.9 Å². The van der Waals surface area contributed by atoms with Gasteiger partial charge in [-0.05, 0) is 61.7 Å². The van der Waals surface area contributed by atoms with Gasteiger partial charge in [-0.2, -0.15) is 0 Å². The third-order valence-electron chi connectivity index (χ3n) is 5.23. The molecule has 0 saturated heterocycles. The average molecular weight is 500 g/mol. The number of hydrogen-bond donors (Lipinski definition) is 1. The third-order valence-corrected chi connectivity index (χ3v) is 6.95. The molecule has 174 valence electrons. The second kappa shape index (κ2) is 10.6. The lowest BCUT2D eigenvalue weighted by atomic mass is 10.1. The molecule has 2 amide bonds. The van der Waals surface area contributed by atoms with Gasteiger partial charge >= 0.3 is 0 Å². The molecule has 0 unspecified atom stereocenters. The van der Waals surface area contributed by atoms with Crippen molar-refractivity contribution in [3.05, 3.63) is 63.1 Å². The summed E-state index contributed by atoms with van der Waals surface area (Å²) in [5.41, 5.74) is 2.85. The predicted octanol–water partition coefficient (Wildman–Crippen LogP) is 3.54. The molecule has 10 heteroatoms. The summed E-state index contributed by atoms with van der Waals surface area (Å²) in [5, 5.41) is 3.30. The van der Waals surface area contributed by atoms with E-state index in [0.717, 1.165) is 21.7 Å². The molecule has 0 aromatic heterocycles. The van der Waals surface area contributed by atoms with Gasteiger partial charge in [0, 0.05) is 23.6 Å². The third kappa shape index (κ3) is 6.37. The highest BCUT2D eigenvalue weighted by molar-refractivity contribution is 7.92. The van der Waals surface area contributed by atoms with Crippen molar-refractivity contribution in [1.29, 1.82) is 0 Å². The van der Waals surface area contributed by atoms with Gasteiger partial charge in [-0.25, -0.2) is 8.42 Å². The van der Waals surface area contributed by atoms with Crippen LogP contribution in [0.2, 0.25) is 10.0 Å². The van der Waals surface area contributed by atoms with E-state index in [1.807, 2.05) is 13.8 Å². The number of aryl methyl sites for hydroxylation is 2. The highest BCUT2D eigenvalue weighted by Gasteiger charge is 2.30. The molecular weight excluding hydrogens is 473 g/mol. The van der Waals surface area contributed by atoms with Crippen molar-refractivity contribution in [2.75, 3.05) is 24.2 Å². The van der Waals surface area contributed by atoms with Gasteiger partial charge in [0.1, 0.15) is 12.6 Å². The molecule has 1 atom stereocenters. The Kier molecular flexibility index (Phi) is 8.56. The number of anilines is 1. The van der Waals surface area contributed by atoms with Crippen LogP contribution in [-0.2, 0) is 26.2 Å². The average Bonchev–Trinajstić information content (AvgIpc) is 2.71. The van der Waals surface area contributed by atoms with Gasteiger partial charge < -0.3 is 10.2 Å². The van der Waals surface area contributed by atoms with Gasteiger partial charge in [-0.1, -0.05) is 35.3 Å². The van der Waals surface area contributed by atoms with Crippen LogP contribution in [0.15, 0.2) is 36.4 Å². The first kappa shape index (κ1) is 26.0. The fraction of sp³-hybridized carbons (Fsp3) is 0.364. The number of benzene rings is 2.